The van der Waals surface area contributed by atoms with Gasteiger partial charge in [-0.1, -0.05) is 6.07 Å². The molecule has 1 aromatic rings. The van der Waals surface area contributed by atoms with Gasteiger partial charge >= 0.3 is 12.4 Å². The summed E-state index contributed by atoms with van der Waals surface area (Å²) >= 11 is 0. The number of hydrogen-bond acceptors (Lipinski definition) is 8. The Hall–Kier alpha value is -2.61. The first-order valence-electron chi connectivity index (χ1n) is 9.32. The molecule has 2 fully saturated rings. The highest BCUT2D eigenvalue weighted by atomic mass is 19.4. The highest BCUT2D eigenvalue weighted by Crippen LogP contribution is 2.47. The van der Waals surface area contributed by atoms with Crippen LogP contribution in [0.15, 0.2) is 24.3 Å². The number of carbonyl (C=O) groups excluding carboxylic acids is 2. The Morgan fingerprint density at radius 3 is 2.52 bits per heavy atom. The number of likely N-dealkylation sites (N-methyl/N-ethyl adjacent to an activating group) is 2. The van der Waals surface area contributed by atoms with E-state index in [1.165, 1.54) is 24.1 Å². The van der Waals surface area contributed by atoms with Crippen molar-refractivity contribution in [3.05, 3.63) is 24.3 Å². The Morgan fingerprint density at radius 1 is 1.19 bits per heavy atom. The Morgan fingerprint density at radius 2 is 1.87 bits per heavy atom. The van der Waals surface area contributed by atoms with Crippen molar-refractivity contribution < 1.29 is 42.1 Å². The number of rotatable bonds is 8. The van der Waals surface area contributed by atoms with Gasteiger partial charge in [-0.15, -0.1) is 13.2 Å². The molecule has 172 valence electrons. The molecule has 3 rings (SSSR count). The monoisotopic (exact) mass is 448 g/mol. The zero-order valence-corrected chi connectivity index (χ0v) is 16.8. The largest absolute Gasteiger partial charge is 0.573 e. The molecule has 10 nitrogen and oxygen atoms in total. The number of β-amino-alcohol motifs (C(OH)–C–C–N with tert-alkyl or cyclic N) is 1. The topological polar surface area (TPSA) is 118 Å². The summed E-state index contributed by atoms with van der Waals surface area (Å²) in [5.74, 6) is -0.834. The molecule has 4 atom stereocenters. The maximum atomic E-state index is 12.9. The Labute approximate surface area is 175 Å². The second-order valence-corrected chi connectivity index (χ2v) is 7.05. The van der Waals surface area contributed by atoms with Gasteiger partial charge in [-0.25, -0.2) is 4.79 Å². The second kappa shape index (κ2) is 8.49. The molecule has 0 bridgehead atoms. The maximum Gasteiger partial charge on any atom is 0.573 e. The third-order valence-electron chi connectivity index (χ3n) is 5.22. The standard InChI is InChI=1S/C18H23F3N4O6/c1-23-13(22)17(14(27)25(6-7-26)16(23)28)15(24(17)2)30-9-8-29-11-4-3-5-12(10-11)31-18(19,20)21/h3-5,10,13,15,26H,6-9,22H2,1-2H3/t13?,15-,17?,24?/m1/s1. The lowest BCUT2D eigenvalue weighted by atomic mass is 10.00. The number of imide groups is 1. The molecule has 0 aliphatic carbocycles. The first kappa shape index (κ1) is 23.1. The minimum Gasteiger partial charge on any atom is -0.491 e. The molecule has 13 heteroatoms. The molecule has 31 heavy (non-hydrogen) atoms. The molecule has 1 aromatic carbocycles. The molecule has 3 unspecified atom stereocenters. The van der Waals surface area contributed by atoms with E-state index in [1.807, 2.05) is 0 Å². The third-order valence-corrected chi connectivity index (χ3v) is 5.22. The van der Waals surface area contributed by atoms with Gasteiger partial charge in [0.1, 0.15) is 30.5 Å². The zero-order valence-electron chi connectivity index (χ0n) is 16.8. The van der Waals surface area contributed by atoms with Crippen LogP contribution in [0, 0.1) is 0 Å². The first-order valence-corrected chi connectivity index (χ1v) is 9.32. The average Bonchev–Trinajstić information content (AvgIpc) is 3.29. The molecule has 2 saturated heterocycles. The van der Waals surface area contributed by atoms with E-state index in [1.54, 1.807) is 11.9 Å². The van der Waals surface area contributed by atoms with E-state index in [4.69, 9.17) is 20.3 Å². The minimum absolute atomic E-state index is 0.00122. The van der Waals surface area contributed by atoms with E-state index < -0.39 is 48.6 Å². The molecule has 0 aromatic heterocycles. The molecule has 1 spiro atoms. The molecular weight excluding hydrogens is 425 g/mol. The van der Waals surface area contributed by atoms with Crippen molar-refractivity contribution in [2.24, 2.45) is 5.73 Å². The molecular formula is C18H23F3N4O6. The number of aliphatic hydroxyl groups is 1. The molecule has 0 saturated carbocycles. The van der Waals surface area contributed by atoms with Crippen LogP contribution in [0.4, 0.5) is 18.0 Å². The van der Waals surface area contributed by atoms with Crippen molar-refractivity contribution in [3.63, 3.8) is 0 Å². The van der Waals surface area contributed by atoms with Crippen LogP contribution >= 0.6 is 0 Å². The van der Waals surface area contributed by atoms with Crippen LogP contribution in [0.5, 0.6) is 11.5 Å². The number of amides is 3. The smallest absolute Gasteiger partial charge is 0.491 e. The van der Waals surface area contributed by atoms with Crippen LogP contribution in [0.3, 0.4) is 0 Å². The first-order chi connectivity index (χ1) is 14.5. The number of aliphatic hydroxyl groups excluding tert-OH is 1. The number of hydrogen-bond donors (Lipinski definition) is 2. The minimum atomic E-state index is -4.81. The number of urea groups is 1. The van der Waals surface area contributed by atoms with E-state index in [0.717, 1.165) is 17.0 Å². The van der Waals surface area contributed by atoms with Crippen molar-refractivity contribution >= 4 is 11.9 Å². The Bertz CT molecular complexity index is 841. The third kappa shape index (κ3) is 4.26. The van der Waals surface area contributed by atoms with E-state index in [9.17, 15) is 22.8 Å². The summed E-state index contributed by atoms with van der Waals surface area (Å²) in [7, 11) is 3.07. The fourth-order valence-electron chi connectivity index (χ4n) is 3.67. The van der Waals surface area contributed by atoms with Gasteiger partial charge in [0.2, 0.25) is 0 Å². The Kier molecular flexibility index (Phi) is 6.32. The van der Waals surface area contributed by atoms with Gasteiger partial charge in [0, 0.05) is 13.1 Å². The van der Waals surface area contributed by atoms with Gasteiger partial charge < -0.3 is 30.0 Å². The normalized spacial score (nSPS) is 28.3. The van der Waals surface area contributed by atoms with Crippen LogP contribution in [-0.4, -0.2) is 96.5 Å². The van der Waals surface area contributed by atoms with E-state index in [2.05, 4.69) is 4.74 Å². The number of benzene rings is 1. The summed E-state index contributed by atoms with van der Waals surface area (Å²) in [6.07, 6.45) is -6.51. The van der Waals surface area contributed by atoms with Gasteiger partial charge in [-0.2, -0.15) is 0 Å². The summed E-state index contributed by atoms with van der Waals surface area (Å²) in [6, 6.07) is 4.43. The summed E-state index contributed by atoms with van der Waals surface area (Å²) in [6.45, 7) is -0.583. The van der Waals surface area contributed by atoms with Gasteiger partial charge in [0.25, 0.3) is 5.91 Å². The maximum absolute atomic E-state index is 12.9. The predicted molar refractivity (Wildman–Crippen MR) is 98.8 cm³/mol. The fourth-order valence-corrected chi connectivity index (χ4v) is 3.67. The number of nitrogens with two attached hydrogens (primary N) is 1. The van der Waals surface area contributed by atoms with E-state index >= 15 is 0 Å². The summed E-state index contributed by atoms with van der Waals surface area (Å²) < 4.78 is 51.9. The van der Waals surface area contributed by atoms with Crippen LogP contribution < -0.4 is 15.2 Å². The summed E-state index contributed by atoms with van der Waals surface area (Å²) in [5, 5.41) is 9.16. The van der Waals surface area contributed by atoms with E-state index in [-0.39, 0.29) is 25.5 Å². The molecule has 2 aliphatic rings. The summed E-state index contributed by atoms with van der Waals surface area (Å²) in [5.41, 5.74) is 4.84. The van der Waals surface area contributed by atoms with Gasteiger partial charge in [0.05, 0.1) is 19.8 Å². The number of carbonyl (C=O) groups is 2. The van der Waals surface area contributed by atoms with E-state index in [0.29, 0.717) is 0 Å². The SMILES string of the molecule is CN1C(=O)N(CCO)C(=O)C2(C1N)[C@@H](OCCOc1cccc(OC(F)(F)F)c1)N2C. The fraction of sp³-hybridized carbons (Fsp3) is 0.556. The van der Waals surface area contributed by atoms with Crippen molar-refractivity contribution in [1.29, 1.82) is 0 Å². The number of halogens is 3. The van der Waals surface area contributed by atoms with Crippen LogP contribution in [0.1, 0.15) is 0 Å². The quantitative estimate of drug-likeness (QED) is 0.427. The summed E-state index contributed by atoms with van der Waals surface area (Å²) in [4.78, 5) is 28.9. The van der Waals surface area contributed by atoms with Crippen LogP contribution in [0.2, 0.25) is 0 Å². The highest BCUT2D eigenvalue weighted by Gasteiger charge is 2.75. The molecule has 0 radical (unpaired) electrons. The zero-order chi connectivity index (χ0) is 23.0. The second-order valence-electron chi connectivity index (χ2n) is 7.05. The molecule has 2 aliphatic heterocycles. The average molecular weight is 448 g/mol. The van der Waals surface area contributed by atoms with Crippen LogP contribution in [-0.2, 0) is 9.53 Å². The predicted octanol–water partition coefficient (Wildman–Crippen LogP) is 0.162. The Balaban J connectivity index is 1.58. The van der Waals surface area contributed by atoms with Gasteiger partial charge in [-0.05, 0) is 19.2 Å². The number of nitrogens with zero attached hydrogens (tertiary/aromatic N) is 3. The molecule has 3 N–H and O–H groups in total. The highest BCUT2D eigenvalue weighted by molar-refractivity contribution is 6.05. The number of ether oxygens (including phenoxy) is 3. The van der Waals surface area contributed by atoms with Crippen molar-refractivity contribution in [2.75, 3.05) is 40.5 Å². The van der Waals surface area contributed by atoms with Crippen LogP contribution in [0.25, 0.3) is 0 Å². The van der Waals surface area contributed by atoms with Crippen molar-refractivity contribution in [1.82, 2.24) is 14.7 Å². The lowest BCUT2D eigenvalue weighted by Crippen LogP contribution is -2.70. The van der Waals surface area contributed by atoms with Crippen molar-refractivity contribution in [2.45, 2.75) is 24.3 Å². The lowest BCUT2D eigenvalue weighted by Gasteiger charge is -2.41. The van der Waals surface area contributed by atoms with Gasteiger partial charge in [-0.3, -0.25) is 14.6 Å². The van der Waals surface area contributed by atoms with Crippen molar-refractivity contribution in [3.8, 4) is 11.5 Å². The molecule has 3 amide bonds. The molecule has 2 heterocycles. The van der Waals surface area contributed by atoms with Gasteiger partial charge in [0.15, 0.2) is 5.54 Å². The lowest BCUT2D eigenvalue weighted by molar-refractivity contribution is -0.274. The number of alkyl halides is 3.